The minimum absolute atomic E-state index is 0.515. The molecular weight excluding hydrogens is 182 g/mol. The minimum Gasteiger partial charge on any atom is -0.497 e. The number of halogens is 2. The first-order chi connectivity index (χ1) is 5.72. The molecule has 0 fully saturated rings. The zero-order valence-corrected chi connectivity index (χ0v) is 7.28. The molecule has 0 N–H and O–H groups in total. The highest BCUT2D eigenvalue weighted by atomic mass is 32.2. The fourth-order valence-electron chi connectivity index (χ4n) is 0.777. The molecule has 0 saturated carbocycles. The lowest BCUT2D eigenvalue weighted by Crippen LogP contribution is -1.84. The Bertz CT molecular complexity index is 253. The van der Waals surface area contributed by atoms with Crippen LogP contribution in [0.1, 0.15) is 0 Å². The van der Waals surface area contributed by atoms with E-state index in [2.05, 4.69) is 0 Å². The highest BCUT2D eigenvalue weighted by molar-refractivity contribution is 7.99. The largest absolute Gasteiger partial charge is 0.497 e. The quantitative estimate of drug-likeness (QED) is 0.677. The third-order valence-electron chi connectivity index (χ3n) is 1.27. The second-order valence-corrected chi connectivity index (χ2v) is 3.12. The number of thioether (sulfide) groups is 1. The van der Waals surface area contributed by atoms with E-state index in [0.717, 1.165) is 0 Å². The summed E-state index contributed by atoms with van der Waals surface area (Å²) in [6, 6.07) is 6.61. The SMILES string of the molecule is COc1cccc(SC(F)F)c1. The number of rotatable bonds is 3. The first-order valence-electron chi connectivity index (χ1n) is 3.31. The molecule has 1 nitrogen and oxygen atoms in total. The van der Waals surface area contributed by atoms with E-state index in [1.807, 2.05) is 0 Å². The zero-order chi connectivity index (χ0) is 8.97. The molecule has 0 atom stereocenters. The topological polar surface area (TPSA) is 9.23 Å². The Morgan fingerprint density at radius 3 is 2.75 bits per heavy atom. The highest BCUT2D eigenvalue weighted by Gasteiger charge is 2.04. The van der Waals surface area contributed by atoms with E-state index in [0.29, 0.717) is 22.4 Å². The Morgan fingerprint density at radius 1 is 1.42 bits per heavy atom. The normalized spacial score (nSPS) is 10.3. The summed E-state index contributed by atoms with van der Waals surface area (Å²) < 4.78 is 28.6. The Balaban J connectivity index is 2.72. The molecule has 1 aromatic rings. The zero-order valence-electron chi connectivity index (χ0n) is 6.46. The average molecular weight is 190 g/mol. The lowest BCUT2D eigenvalue weighted by atomic mass is 10.3. The molecule has 0 aliphatic carbocycles. The smallest absolute Gasteiger partial charge is 0.288 e. The monoisotopic (exact) mass is 190 g/mol. The average Bonchev–Trinajstić information content (AvgIpc) is 2.03. The molecule has 0 aliphatic heterocycles. The highest BCUT2D eigenvalue weighted by Crippen LogP contribution is 2.27. The van der Waals surface area contributed by atoms with Crippen molar-refractivity contribution in [3.8, 4) is 5.75 Å². The Morgan fingerprint density at radius 2 is 2.17 bits per heavy atom. The summed E-state index contributed by atoms with van der Waals surface area (Å²) in [5, 5.41) is 0. The van der Waals surface area contributed by atoms with Crippen molar-refractivity contribution in [3.05, 3.63) is 24.3 Å². The van der Waals surface area contributed by atoms with Crippen LogP contribution in [-0.4, -0.2) is 12.9 Å². The van der Waals surface area contributed by atoms with Gasteiger partial charge >= 0.3 is 0 Å². The maximum atomic E-state index is 11.9. The van der Waals surface area contributed by atoms with Crippen LogP contribution in [0.2, 0.25) is 0 Å². The van der Waals surface area contributed by atoms with Crippen molar-refractivity contribution in [2.75, 3.05) is 7.11 Å². The van der Waals surface area contributed by atoms with Crippen molar-refractivity contribution in [2.45, 2.75) is 10.7 Å². The second kappa shape index (κ2) is 4.30. The van der Waals surface area contributed by atoms with Crippen molar-refractivity contribution in [1.29, 1.82) is 0 Å². The number of methoxy groups -OCH3 is 1. The van der Waals surface area contributed by atoms with Gasteiger partial charge in [0, 0.05) is 4.90 Å². The summed E-state index contributed by atoms with van der Waals surface area (Å²) >= 11 is 0.515. The first kappa shape index (κ1) is 9.32. The van der Waals surface area contributed by atoms with E-state index >= 15 is 0 Å². The number of hydrogen-bond acceptors (Lipinski definition) is 2. The third kappa shape index (κ3) is 2.70. The van der Waals surface area contributed by atoms with E-state index in [9.17, 15) is 8.78 Å². The Labute approximate surface area is 73.7 Å². The molecule has 66 valence electrons. The first-order valence-corrected chi connectivity index (χ1v) is 4.19. The van der Waals surface area contributed by atoms with Crippen molar-refractivity contribution >= 4 is 11.8 Å². The molecule has 0 bridgehead atoms. The van der Waals surface area contributed by atoms with Gasteiger partial charge in [-0.25, -0.2) is 0 Å². The van der Waals surface area contributed by atoms with Gasteiger partial charge in [-0.05, 0) is 18.2 Å². The van der Waals surface area contributed by atoms with Crippen molar-refractivity contribution in [1.82, 2.24) is 0 Å². The summed E-state index contributed by atoms with van der Waals surface area (Å²) in [6.45, 7) is 0. The van der Waals surface area contributed by atoms with Gasteiger partial charge in [-0.3, -0.25) is 0 Å². The van der Waals surface area contributed by atoms with Crippen LogP contribution in [0.4, 0.5) is 8.78 Å². The van der Waals surface area contributed by atoms with Crippen LogP contribution in [0.3, 0.4) is 0 Å². The molecule has 0 aromatic heterocycles. The molecule has 12 heavy (non-hydrogen) atoms. The molecule has 1 rings (SSSR count). The molecule has 4 heteroatoms. The summed E-state index contributed by atoms with van der Waals surface area (Å²) in [6.07, 6.45) is 0. The van der Waals surface area contributed by atoms with Gasteiger partial charge in [0.1, 0.15) is 5.75 Å². The lowest BCUT2D eigenvalue weighted by Gasteiger charge is -2.02. The van der Waals surface area contributed by atoms with Crippen LogP contribution in [0.15, 0.2) is 29.2 Å². The summed E-state index contributed by atoms with van der Waals surface area (Å²) in [5.74, 6) is -1.78. The standard InChI is InChI=1S/C8H8F2OS/c1-11-6-3-2-4-7(5-6)12-8(9)10/h2-5,8H,1H3. The van der Waals surface area contributed by atoms with Gasteiger partial charge in [-0.2, -0.15) is 8.78 Å². The maximum Gasteiger partial charge on any atom is 0.288 e. The molecule has 0 radical (unpaired) electrons. The van der Waals surface area contributed by atoms with Gasteiger partial charge in [-0.1, -0.05) is 17.8 Å². The van der Waals surface area contributed by atoms with Gasteiger partial charge in [0.25, 0.3) is 5.76 Å². The Kier molecular flexibility index (Phi) is 3.34. The molecule has 0 saturated heterocycles. The maximum absolute atomic E-state index is 11.9. The third-order valence-corrected chi connectivity index (χ3v) is 1.97. The van der Waals surface area contributed by atoms with Crippen LogP contribution in [0, 0.1) is 0 Å². The molecule has 0 unspecified atom stereocenters. The fraction of sp³-hybridized carbons (Fsp3) is 0.250. The molecule has 0 spiro atoms. The minimum atomic E-state index is -2.38. The van der Waals surface area contributed by atoms with Crippen molar-refractivity contribution < 1.29 is 13.5 Å². The van der Waals surface area contributed by atoms with Gasteiger partial charge in [-0.15, -0.1) is 0 Å². The summed E-state index contributed by atoms with van der Waals surface area (Å²) in [4.78, 5) is 0.518. The summed E-state index contributed by atoms with van der Waals surface area (Å²) in [7, 11) is 1.51. The predicted octanol–water partition coefficient (Wildman–Crippen LogP) is 3.01. The van der Waals surface area contributed by atoms with Crippen LogP contribution in [0.5, 0.6) is 5.75 Å². The molecular formula is C8H8F2OS. The van der Waals surface area contributed by atoms with E-state index in [1.54, 1.807) is 24.3 Å². The molecule has 0 amide bonds. The van der Waals surface area contributed by atoms with Gasteiger partial charge in [0.2, 0.25) is 0 Å². The predicted molar refractivity (Wildman–Crippen MR) is 44.9 cm³/mol. The van der Waals surface area contributed by atoms with Crippen LogP contribution < -0.4 is 4.74 Å². The summed E-state index contributed by atoms with van der Waals surface area (Å²) in [5.41, 5.74) is 0. The fourth-order valence-corrected chi connectivity index (χ4v) is 1.32. The molecule has 0 heterocycles. The Hall–Kier alpha value is -0.770. The van der Waals surface area contributed by atoms with Gasteiger partial charge < -0.3 is 4.74 Å². The van der Waals surface area contributed by atoms with Gasteiger partial charge in [0.15, 0.2) is 0 Å². The number of benzene rings is 1. The molecule has 0 aliphatic rings. The van der Waals surface area contributed by atoms with E-state index in [1.165, 1.54) is 7.11 Å². The van der Waals surface area contributed by atoms with Crippen LogP contribution >= 0.6 is 11.8 Å². The van der Waals surface area contributed by atoms with Crippen LogP contribution in [0.25, 0.3) is 0 Å². The second-order valence-electron chi connectivity index (χ2n) is 2.06. The van der Waals surface area contributed by atoms with E-state index in [4.69, 9.17) is 4.74 Å². The van der Waals surface area contributed by atoms with Crippen LogP contribution in [-0.2, 0) is 0 Å². The number of alkyl halides is 2. The van der Waals surface area contributed by atoms with Crippen molar-refractivity contribution in [2.24, 2.45) is 0 Å². The lowest BCUT2D eigenvalue weighted by molar-refractivity contribution is 0.252. The number of hydrogen-bond donors (Lipinski definition) is 0. The molecule has 1 aromatic carbocycles. The number of ether oxygens (including phenoxy) is 1. The van der Waals surface area contributed by atoms with Gasteiger partial charge in [0.05, 0.1) is 7.11 Å². The van der Waals surface area contributed by atoms with E-state index in [-0.39, 0.29) is 0 Å². The van der Waals surface area contributed by atoms with E-state index < -0.39 is 5.76 Å². The van der Waals surface area contributed by atoms with Crippen molar-refractivity contribution in [3.63, 3.8) is 0 Å².